The van der Waals surface area contributed by atoms with Gasteiger partial charge < -0.3 is 9.73 Å². The molecule has 180 valence electrons. The maximum absolute atomic E-state index is 13.8. The van der Waals surface area contributed by atoms with Gasteiger partial charge in [-0.15, -0.1) is 0 Å². The number of Topliss-reactive ketones (excluding diaryl/α,β-unsaturated/α-hetero) is 1. The number of halogens is 3. The molecule has 1 fully saturated rings. The first-order valence-electron chi connectivity index (χ1n) is 10.6. The Balaban J connectivity index is 1.75. The summed E-state index contributed by atoms with van der Waals surface area (Å²) in [4.78, 5) is 39.7. The van der Waals surface area contributed by atoms with Gasteiger partial charge in [0, 0.05) is 30.2 Å². The van der Waals surface area contributed by atoms with Crippen molar-refractivity contribution in [2.75, 3.05) is 18.9 Å². The van der Waals surface area contributed by atoms with E-state index in [1.807, 2.05) is 0 Å². The van der Waals surface area contributed by atoms with E-state index < -0.39 is 51.4 Å². The lowest BCUT2D eigenvalue weighted by Gasteiger charge is -2.35. The smallest absolute Gasteiger partial charge is 0.418 e. The molecule has 0 radical (unpaired) electrons. The summed E-state index contributed by atoms with van der Waals surface area (Å²) in [6, 6.07) is 12.1. The number of likely N-dealkylation sites (tertiary alicyclic amines) is 1. The van der Waals surface area contributed by atoms with E-state index in [2.05, 4.69) is 5.32 Å². The van der Waals surface area contributed by atoms with Crippen LogP contribution in [0, 0.1) is 16.0 Å². The number of nitro benzene ring substituents is 1. The Kier molecular flexibility index (Phi) is 5.06. The molecule has 1 N–H and O–H groups in total. The zero-order valence-electron chi connectivity index (χ0n) is 18.2. The highest BCUT2D eigenvalue weighted by molar-refractivity contribution is 6.12. The van der Waals surface area contributed by atoms with Crippen molar-refractivity contribution in [3.63, 3.8) is 0 Å². The van der Waals surface area contributed by atoms with Crippen LogP contribution in [-0.2, 0) is 16.5 Å². The summed E-state index contributed by atoms with van der Waals surface area (Å²) < 4.78 is 46.6. The molecule has 0 bridgehead atoms. The Hall–Kier alpha value is -3.99. The zero-order chi connectivity index (χ0) is 25.1. The highest BCUT2D eigenvalue weighted by Gasteiger charge is 2.65. The highest BCUT2D eigenvalue weighted by atomic mass is 19.4. The minimum absolute atomic E-state index is 0.0256. The molecule has 3 atom stereocenters. The molecule has 1 amide bonds. The van der Waals surface area contributed by atoms with Crippen LogP contribution in [0.1, 0.15) is 33.2 Å². The van der Waals surface area contributed by atoms with Gasteiger partial charge in [0.25, 0.3) is 5.69 Å². The molecule has 2 aliphatic rings. The third-order valence-corrected chi connectivity index (χ3v) is 6.85. The summed E-state index contributed by atoms with van der Waals surface area (Å²) in [7, 11) is 1.55. The first-order valence-corrected chi connectivity index (χ1v) is 10.6. The fourth-order valence-corrected chi connectivity index (χ4v) is 5.44. The second-order valence-electron chi connectivity index (χ2n) is 8.60. The number of non-ortho nitro benzene ring substituents is 1. The van der Waals surface area contributed by atoms with Gasteiger partial charge in [0.2, 0.25) is 11.7 Å². The number of fused-ring (bicyclic) bond motifs is 2. The van der Waals surface area contributed by atoms with Crippen molar-refractivity contribution in [3.8, 4) is 0 Å². The van der Waals surface area contributed by atoms with Crippen LogP contribution in [-0.4, -0.2) is 35.1 Å². The first kappa shape index (κ1) is 22.8. The van der Waals surface area contributed by atoms with Crippen LogP contribution in [0.15, 0.2) is 65.3 Å². The van der Waals surface area contributed by atoms with E-state index in [0.29, 0.717) is 5.56 Å². The van der Waals surface area contributed by atoms with E-state index in [0.717, 1.165) is 6.07 Å². The molecule has 2 aliphatic heterocycles. The molecule has 2 aromatic carbocycles. The number of ketones is 1. The average Bonchev–Trinajstić information content (AvgIpc) is 3.51. The van der Waals surface area contributed by atoms with Crippen molar-refractivity contribution in [1.29, 1.82) is 0 Å². The van der Waals surface area contributed by atoms with Gasteiger partial charge in [-0.25, -0.2) is 0 Å². The van der Waals surface area contributed by atoms with Gasteiger partial charge in [-0.05, 0) is 30.8 Å². The number of benzene rings is 2. The van der Waals surface area contributed by atoms with Crippen molar-refractivity contribution >= 4 is 23.1 Å². The average molecular weight is 485 g/mol. The summed E-state index contributed by atoms with van der Waals surface area (Å²) in [5.41, 5.74) is -2.95. The van der Waals surface area contributed by atoms with Gasteiger partial charge in [-0.1, -0.05) is 24.3 Å². The Morgan fingerprint density at radius 2 is 1.94 bits per heavy atom. The number of carbonyl (C=O) groups is 2. The first-order chi connectivity index (χ1) is 16.6. The normalized spacial score (nSPS) is 23.9. The van der Waals surface area contributed by atoms with Gasteiger partial charge in [-0.2, -0.15) is 13.2 Å². The second kappa shape index (κ2) is 7.77. The maximum atomic E-state index is 13.8. The van der Waals surface area contributed by atoms with Crippen LogP contribution in [0.25, 0.3) is 0 Å². The summed E-state index contributed by atoms with van der Waals surface area (Å²) in [5.74, 6) is -3.39. The van der Waals surface area contributed by atoms with E-state index in [1.165, 1.54) is 48.7 Å². The lowest BCUT2D eigenvalue weighted by Crippen LogP contribution is -2.51. The third-order valence-electron chi connectivity index (χ3n) is 6.85. The lowest BCUT2D eigenvalue weighted by atomic mass is 9.71. The minimum atomic E-state index is -4.73. The monoisotopic (exact) mass is 485 g/mol. The number of para-hydroxylation sites is 1. The summed E-state index contributed by atoms with van der Waals surface area (Å²) in [5, 5.41) is 13.7. The Labute approximate surface area is 196 Å². The van der Waals surface area contributed by atoms with Gasteiger partial charge in [0.05, 0.1) is 28.4 Å². The molecular formula is C24H18F3N3O5. The molecular weight excluding hydrogens is 467 g/mol. The standard InChI is InChI=1S/C24H18F3N3O5/c1-29-12-15(13-5-2-6-14(11-13)30(33)34)19(21(31)18-9-4-10-35-18)23(29)16-7-3-8-17(24(25,26)27)20(16)28-22(23)32/h2-11,15,19H,12H2,1H3,(H,28,32)/t15-,19+,23+/m1/s1. The van der Waals surface area contributed by atoms with Crippen LogP contribution in [0.4, 0.5) is 24.5 Å². The molecule has 3 heterocycles. The molecule has 1 spiro atoms. The van der Waals surface area contributed by atoms with Crippen LogP contribution in [0.5, 0.6) is 0 Å². The highest BCUT2D eigenvalue weighted by Crippen LogP contribution is 2.57. The number of carbonyl (C=O) groups excluding carboxylic acids is 2. The van der Waals surface area contributed by atoms with Gasteiger partial charge >= 0.3 is 6.18 Å². The van der Waals surface area contributed by atoms with E-state index in [9.17, 15) is 32.9 Å². The van der Waals surface area contributed by atoms with Crippen LogP contribution >= 0.6 is 0 Å². The van der Waals surface area contributed by atoms with Crippen molar-refractivity contribution in [3.05, 3.63) is 93.4 Å². The van der Waals surface area contributed by atoms with E-state index in [-0.39, 0.29) is 23.6 Å². The largest absolute Gasteiger partial charge is 0.461 e. The molecule has 11 heteroatoms. The maximum Gasteiger partial charge on any atom is 0.418 e. The number of amides is 1. The number of rotatable bonds is 4. The van der Waals surface area contributed by atoms with Crippen molar-refractivity contribution in [2.45, 2.75) is 17.6 Å². The van der Waals surface area contributed by atoms with Gasteiger partial charge in [0.15, 0.2) is 5.76 Å². The SMILES string of the molecule is CN1C[C@H](c2cccc([N+](=O)[O-])c2)[C@@H](C(=O)c2ccco2)[C@@]12C(=O)Nc1c(C(F)(F)F)cccc12. The molecule has 1 aromatic heterocycles. The molecule has 1 saturated heterocycles. The van der Waals surface area contributed by atoms with Crippen molar-refractivity contribution in [2.24, 2.45) is 5.92 Å². The molecule has 5 rings (SSSR count). The number of nitro groups is 1. The molecule has 0 aliphatic carbocycles. The molecule has 0 saturated carbocycles. The number of hydrogen-bond donors (Lipinski definition) is 1. The molecule has 35 heavy (non-hydrogen) atoms. The number of alkyl halides is 3. The summed E-state index contributed by atoms with van der Waals surface area (Å²) >= 11 is 0. The van der Waals surface area contributed by atoms with Crippen molar-refractivity contribution in [1.82, 2.24) is 4.90 Å². The Morgan fingerprint density at radius 3 is 2.60 bits per heavy atom. The molecule has 8 nitrogen and oxygen atoms in total. The lowest BCUT2D eigenvalue weighted by molar-refractivity contribution is -0.384. The third kappa shape index (κ3) is 3.26. The fourth-order valence-electron chi connectivity index (χ4n) is 5.44. The fraction of sp³-hybridized carbons (Fsp3) is 0.250. The summed E-state index contributed by atoms with van der Waals surface area (Å²) in [6.45, 7) is 0.0847. The number of nitrogens with one attached hydrogen (secondary N) is 1. The molecule has 3 aromatic rings. The Morgan fingerprint density at radius 1 is 1.20 bits per heavy atom. The van der Waals surface area contributed by atoms with Crippen LogP contribution in [0.2, 0.25) is 0 Å². The van der Waals surface area contributed by atoms with Crippen LogP contribution in [0.3, 0.4) is 0 Å². The van der Waals surface area contributed by atoms with Crippen molar-refractivity contribution < 1.29 is 32.1 Å². The quantitative estimate of drug-likeness (QED) is 0.329. The van der Waals surface area contributed by atoms with Gasteiger partial charge in [-0.3, -0.25) is 24.6 Å². The Bertz CT molecular complexity index is 1350. The topological polar surface area (TPSA) is 106 Å². The van der Waals surface area contributed by atoms with E-state index in [4.69, 9.17) is 4.42 Å². The van der Waals surface area contributed by atoms with E-state index >= 15 is 0 Å². The predicted molar refractivity (Wildman–Crippen MR) is 117 cm³/mol. The molecule has 0 unspecified atom stereocenters. The van der Waals surface area contributed by atoms with Gasteiger partial charge in [0.1, 0.15) is 5.54 Å². The predicted octanol–water partition coefficient (Wildman–Crippen LogP) is 4.58. The number of likely N-dealkylation sites (N-methyl/N-ethyl adjacent to an activating group) is 1. The van der Waals surface area contributed by atoms with Crippen LogP contribution < -0.4 is 5.32 Å². The number of furan rings is 1. The minimum Gasteiger partial charge on any atom is -0.461 e. The summed E-state index contributed by atoms with van der Waals surface area (Å²) in [6.07, 6.45) is -3.45. The number of anilines is 1. The second-order valence-corrected chi connectivity index (χ2v) is 8.60. The van der Waals surface area contributed by atoms with E-state index in [1.54, 1.807) is 18.0 Å². The number of hydrogen-bond acceptors (Lipinski definition) is 6. The zero-order valence-corrected chi connectivity index (χ0v) is 18.2. The number of nitrogens with zero attached hydrogens (tertiary/aromatic N) is 2.